The minimum absolute atomic E-state index is 0.128. The number of carbonyl (C=O) groups excluding carboxylic acids is 1. The first-order chi connectivity index (χ1) is 8.40. The highest BCUT2D eigenvalue weighted by Gasteiger charge is 2.17. The molecule has 1 aromatic rings. The third-order valence-electron chi connectivity index (χ3n) is 2.64. The first-order valence-electron chi connectivity index (χ1n) is 6.07. The lowest BCUT2D eigenvalue weighted by Gasteiger charge is -2.19. The maximum Gasteiger partial charge on any atom is 0.251 e. The molecule has 1 amide bonds. The van der Waals surface area contributed by atoms with Crippen molar-refractivity contribution in [2.75, 3.05) is 0 Å². The van der Waals surface area contributed by atoms with E-state index in [2.05, 4.69) is 19.2 Å². The summed E-state index contributed by atoms with van der Waals surface area (Å²) >= 11 is 4.99. The Bertz CT molecular complexity index is 443. The third kappa shape index (κ3) is 4.45. The molecule has 3 nitrogen and oxygen atoms in total. The molecule has 0 aliphatic heterocycles. The molecule has 0 spiro atoms. The summed E-state index contributed by atoms with van der Waals surface area (Å²) in [5.74, 6) is 0.298. The Balaban J connectivity index is 2.75. The van der Waals surface area contributed by atoms with Gasteiger partial charge in [-0.1, -0.05) is 43.8 Å². The van der Waals surface area contributed by atoms with E-state index >= 15 is 0 Å². The van der Waals surface area contributed by atoms with Crippen LogP contribution < -0.4 is 11.1 Å². The topological polar surface area (TPSA) is 55.1 Å². The molecule has 0 radical (unpaired) electrons. The van der Waals surface area contributed by atoms with E-state index < -0.39 is 0 Å². The van der Waals surface area contributed by atoms with Gasteiger partial charge in [0.2, 0.25) is 0 Å². The molecule has 0 saturated heterocycles. The number of amides is 1. The minimum Gasteiger partial charge on any atom is -0.392 e. The van der Waals surface area contributed by atoms with Gasteiger partial charge in [0.15, 0.2) is 0 Å². The second kappa shape index (κ2) is 6.50. The van der Waals surface area contributed by atoms with Crippen molar-refractivity contribution in [3.63, 3.8) is 0 Å². The Morgan fingerprint density at radius 3 is 2.61 bits per heavy atom. The summed E-state index contributed by atoms with van der Waals surface area (Å²) < 4.78 is 0. The van der Waals surface area contributed by atoms with Gasteiger partial charge in [0.1, 0.15) is 0 Å². The van der Waals surface area contributed by atoms with Crippen molar-refractivity contribution < 1.29 is 4.79 Å². The van der Waals surface area contributed by atoms with Crippen LogP contribution in [0.2, 0.25) is 0 Å². The van der Waals surface area contributed by atoms with Gasteiger partial charge in [0.25, 0.3) is 5.91 Å². The third-order valence-corrected chi connectivity index (χ3v) is 2.92. The number of carbonyl (C=O) groups is 1. The van der Waals surface area contributed by atoms with Crippen molar-refractivity contribution in [1.29, 1.82) is 0 Å². The maximum atomic E-state index is 12.1. The van der Waals surface area contributed by atoms with Crippen LogP contribution in [0.1, 0.15) is 36.2 Å². The van der Waals surface area contributed by atoms with Crippen LogP contribution in [0.5, 0.6) is 0 Å². The summed E-state index contributed by atoms with van der Waals surface area (Å²) in [6.45, 7) is 6.10. The lowest BCUT2D eigenvalue weighted by Crippen LogP contribution is -2.44. The van der Waals surface area contributed by atoms with E-state index in [1.165, 1.54) is 0 Å². The number of thiocarbonyl (C=S) groups is 1. The Morgan fingerprint density at radius 1 is 1.44 bits per heavy atom. The highest BCUT2D eigenvalue weighted by molar-refractivity contribution is 7.80. The van der Waals surface area contributed by atoms with E-state index in [4.69, 9.17) is 18.0 Å². The highest BCUT2D eigenvalue weighted by atomic mass is 32.1. The molecule has 0 bridgehead atoms. The van der Waals surface area contributed by atoms with Crippen molar-refractivity contribution in [3.8, 4) is 0 Å². The van der Waals surface area contributed by atoms with Crippen LogP contribution in [-0.2, 0) is 0 Å². The number of nitrogens with one attached hydrogen (secondary N) is 1. The fraction of sp³-hybridized carbons (Fsp3) is 0.429. The van der Waals surface area contributed by atoms with Gasteiger partial charge in [-0.15, -0.1) is 0 Å². The molecule has 1 atom stereocenters. The number of benzene rings is 1. The van der Waals surface area contributed by atoms with Crippen LogP contribution in [0.3, 0.4) is 0 Å². The molecule has 0 saturated carbocycles. The van der Waals surface area contributed by atoms with Crippen LogP contribution in [0.25, 0.3) is 0 Å². The van der Waals surface area contributed by atoms with E-state index in [1.807, 2.05) is 25.1 Å². The number of hydrogen-bond donors (Lipinski definition) is 2. The monoisotopic (exact) mass is 264 g/mol. The molecule has 0 fully saturated rings. The highest BCUT2D eigenvalue weighted by Crippen LogP contribution is 2.08. The van der Waals surface area contributed by atoms with Crippen molar-refractivity contribution in [3.05, 3.63) is 35.4 Å². The second-order valence-electron chi connectivity index (χ2n) is 4.93. The second-order valence-corrected chi connectivity index (χ2v) is 5.40. The Labute approximate surface area is 114 Å². The molecule has 4 heteroatoms. The molecule has 18 heavy (non-hydrogen) atoms. The van der Waals surface area contributed by atoms with Gasteiger partial charge >= 0.3 is 0 Å². The fourth-order valence-corrected chi connectivity index (χ4v) is 1.90. The van der Waals surface area contributed by atoms with Gasteiger partial charge in [-0.25, -0.2) is 0 Å². The van der Waals surface area contributed by atoms with E-state index in [-0.39, 0.29) is 11.9 Å². The van der Waals surface area contributed by atoms with Crippen LogP contribution in [0.4, 0.5) is 0 Å². The summed E-state index contributed by atoms with van der Waals surface area (Å²) in [6.07, 6.45) is 0.757. The average molecular weight is 264 g/mol. The largest absolute Gasteiger partial charge is 0.392 e. The normalized spacial score (nSPS) is 12.2. The molecular formula is C14H20N2OS. The Hall–Kier alpha value is -1.42. The van der Waals surface area contributed by atoms with E-state index in [0.717, 1.165) is 12.0 Å². The van der Waals surface area contributed by atoms with Crippen LogP contribution in [-0.4, -0.2) is 16.9 Å². The van der Waals surface area contributed by atoms with Crippen molar-refractivity contribution >= 4 is 23.1 Å². The molecular weight excluding hydrogens is 244 g/mol. The number of hydrogen-bond acceptors (Lipinski definition) is 2. The van der Waals surface area contributed by atoms with Gasteiger partial charge in [0, 0.05) is 5.56 Å². The smallest absolute Gasteiger partial charge is 0.251 e. The summed E-state index contributed by atoms with van der Waals surface area (Å²) in [7, 11) is 0. The van der Waals surface area contributed by atoms with Crippen molar-refractivity contribution in [1.82, 2.24) is 5.32 Å². The zero-order valence-electron chi connectivity index (χ0n) is 11.1. The van der Waals surface area contributed by atoms with Crippen LogP contribution in [0, 0.1) is 12.8 Å². The molecule has 98 valence electrons. The van der Waals surface area contributed by atoms with Crippen molar-refractivity contribution in [2.24, 2.45) is 11.7 Å². The average Bonchev–Trinajstić information content (AvgIpc) is 2.27. The van der Waals surface area contributed by atoms with Gasteiger partial charge in [0.05, 0.1) is 11.0 Å². The number of nitrogens with two attached hydrogens (primary N) is 1. The molecule has 3 N–H and O–H groups in total. The molecule has 0 aliphatic carbocycles. The lowest BCUT2D eigenvalue weighted by molar-refractivity contribution is 0.0944. The fourth-order valence-electron chi connectivity index (χ4n) is 1.75. The van der Waals surface area contributed by atoms with Gasteiger partial charge in [-0.2, -0.15) is 0 Å². The van der Waals surface area contributed by atoms with E-state index in [9.17, 15) is 4.79 Å². The molecule has 1 rings (SSSR count). The quantitative estimate of drug-likeness (QED) is 0.803. The zero-order valence-corrected chi connectivity index (χ0v) is 11.9. The lowest BCUT2D eigenvalue weighted by atomic mass is 10.0. The SMILES string of the molecule is Cc1cccc(C(=O)NC(CC(C)C)C(N)=S)c1. The zero-order chi connectivity index (χ0) is 13.7. The van der Waals surface area contributed by atoms with Gasteiger partial charge in [-0.05, 0) is 31.4 Å². The molecule has 0 aliphatic rings. The first kappa shape index (κ1) is 14.6. The predicted molar refractivity (Wildman–Crippen MR) is 78.7 cm³/mol. The Morgan fingerprint density at radius 2 is 2.11 bits per heavy atom. The van der Waals surface area contributed by atoms with Crippen molar-refractivity contribution in [2.45, 2.75) is 33.2 Å². The summed E-state index contributed by atoms with van der Waals surface area (Å²) in [4.78, 5) is 12.4. The van der Waals surface area contributed by atoms with Crippen LogP contribution in [0.15, 0.2) is 24.3 Å². The molecule has 0 aromatic heterocycles. The first-order valence-corrected chi connectivity index (χ1v) is 6.48. The van der Waals surface area contributed by atoms with Crippen LogP contribution >= 0.6 is 12.2 Å². The number of aryl methyl sites for hydroxylation is 1. The van der Waals surface area contributed by atoms with E-state index in [1.54, 1.807) is 6.07 Å². The number of rotatable bonds is 5. The minimum atomic E-state index is -0.243. The Kier molecular flexibility index (Phi) is 5.28. The predicted octanol–water partition coefficient (Wildman–Crippen LogP) is 2.43. The van der Waals surface area contributed by atoms with Gasteiger partial charge < -0.3 is 11.1 Å². The summed E-state index contributed by atoms with van der Waals surface area (Å²) in [6, 6.07) is 7.21. The standard InChI is InChI=1S/C14H20N2OS/c1-9(2)7-12(13(15)18)16-14(17)11-6-4-5-10(3)8-11/h4-6,8-9,12H,7H2,1-3H3,(H2,15,18)(H,16,17). The van der Waals surface area contributed by atoms with Gasteiger partial charge in [-0.3, -0.25) is 4.79 Å². The maximum absolute atomic E-state index is 12.1. The summed E-state index contributed by atoms with van der Waals surface area (Å²) in [5.41, 5.74) is 7.35. The molecule has 1 unspecified atom stereocenters. The van der Waals surface area contributed by atoms with E-state index in [0.29, 0.717) is 16.5 Å². The molecule has 0 heterocycles. The summed E-state index contributed by atoms with van der Waals surface area (Å²) in [5, 5.41) is 2.89. The molecule has 1 aromatic carbocycles.